The predicted octanol–water partition coefficient (Wildman–Crippen LogP) is 4.17. The lowest BCUT2D eigenvalue weighted by Gasteiger charge is -2.18. The van der Waals surface area contributed by atoms with Gasteiger partial charge in [-0.3, -0.25) is 0 Å². The average Bonchev–Trinajstić information content (AvgIpc) is 2.81. The maximum absolute atomic E-state index is 12.8. The van der Waals surface area contributed by atoms with Crippen molar-refractivity contribution in [2.45, 2.75) is 26.1 Å². The summed E-state index contributed by atoms with van der Waals surface area (Å²) in [5.41, 5.74) is -0.0236. The van der Waals surface area contributed by atoms with Crippen LogP contribution in [0.15, 0.2) is 30.5 Å². The van der Waals surface area contributed by atoms with Gasteiger partial charge in [0.05, 0.1) is 16.6 Å². The van der Waals surface area contributed by atoms with Gasteiger partial charge in [-0.25, -0.2) is 4.98 Å². The number of rotatable bonds is 4. The summed E-state index contributed by atoms with van der Waals surface area (Å²) in [6.07, 6.45) is -2.61. The van der Waals surface area contributed by atoms with Gasteiger partial charge < -0.3 is 5.32 Å². The highest BCUT2D eigenvalue weighted by atomic mass is 32.1. The summed E-state index contributed by atoms with van der Waals surface area (Å²) in [5.74, 6) is 0. The number of nitrogens with one attached hydrogen (secondary N) is 1. The van der Waals surface area contributed by atoms with Crippen molar-refractivity contribution in [1.29, 1.82) is 0 Å². The topological polar surface area (TPSA) is 24.9 Å². The van der Waals surface area contributed by atoms with Gasteiger partial charge in [-0.15, -0.1) is 11.3 Å². The molecule has 0 spiro atoms. The second-order valence-corrected chi connectivity index (χ2v) is 5.66. The maximum Gasteiger partial charge on any atom is 0.416 e. The lowest BCUT2D eigenvalue weighted by molar-refractivity contribution is -0.137. The van der Waals surface area contributed by atoms with Gasteiger partial charge in [-0.05, 0) is 31.2 Å². The summed E-state index contributed by atoms with van der Waals surface area (Å²) in [4.78, 5) is 5.09. The second-order valence-electron chi connectivity index (χ2n) is 4.40. The lowest BCUT2D eigenvalue weighted by atomic mass is 10.0. The van der Waals surface area contributed by atoms with Gasteiger partial charge in [-0.1, -0.05) is 19.1 Å². The number of nitrogens with zero attached hydrogens (tertiary/aromatic N) is 1. The first-order valence-corrected chi connectivity index (χ1v) is 7.06. The van der Waals surface area contributed by atoms with E-state index in [0.717, 1.165) is 16.0 Å². The van der Waals surface area contributed by atoms with E-state index in [1.165, 1.54) is 23.5 Å². The third-order valence-corrected chi connectivity index (χ3v) is 3.86. The molecule has 1 unspecified atom stereocenters. The van der Waals surface area contributed by atoms with Crippen LogP contribution in [0.25, 0.3) is 0 Å². The van der Waals surface area contributed by atoms with Crippen molar-refractivity contribution >= 4 is 11.3 Å². The van der Waals surface area contributed by atoms with Gasteiger partial charge in [-0.2, -0.15) is 13.2 Å². The summed E-state index contributed by atoms with van der Waals surface area (Å²) in [5, 5.41) is 4.11. The van der Waals surface area contributed by atoms with Crippen LogP contribution in [0.4, 0.5) is 13.2 Å². The molecule has 1 atom stereocenters. The lowest BCUT2D eigenvalue weighted by Crippen LogP contribution is -2.21. The number of hydrogen-bond donors (Lipinski definition) is 1. The largest absolute Gasteiger partial charge is 0.416 e. The maximum atomic E-state index is 12.8. The van der Waals surface area contributed by atoms with Crippen molar-refractivity contribution in [3.8, 4) is 0 Å². The SMILES string of the molecule is CCNC(c1cccc(C(F)(F)F)c1)c1cnc(C)s1. The van der Waals surface area contributed by atoms with Gasteiger partial charge in [0.25, 0.3) is 0 Å². The molecule has 1 aromatic carbocycles. The molecular weight excluding hydrogens is 285 g/mol. The molecule has 0 aliphatic rings. The van der Waals surface area contributed by atoms with Crippen molar-refractivity contribution in [3.63, 3.8) is 0 Å². The molecule has 1 heterocycles. The quantitative estimate of drug-likeness (QED) is 0.916. The Morgan fingerprint density at radius 1 is 1.35 bits per heavy atom. The minimum atomic E-state index is -4.32. The molecule has 0 saturated heterocycles. The smallest absolute Gasteiger partial charge is 0.306 e. The van der Waals surface area contributed by atoms with Crippen molar-refractivity contribution < 1.29 is 13.2 Å². The standard InChI is InChI=1S/C14H15F3N2S/c1-3-18-13(12-8-19-9(2)20-12)10-5-4-6-11(7-10)14(15,16)17/h4-8,13,18H,3H2,1-2H3. The average molecular weight is 300 g/mol. The Hall–Kier alpha value is -1.40. The first kappa shape index (κ1) is 15.0. The van der Waals surface area contributed by atoms with Crippen LogP contribution < -0.4 is 5.32 Å². The molecule has 0 fully saturated rings. The molecule has 2 aromatic rings. The molecule has 108 valence electrons. The first-order chi connectivity index (χ1) is 9.41. The molecule has 1 N–H and O–H groups in total. The van der Waals surface area contributed by atoms with Crippen LogP contribution in [-0.4, -0.2) is 11.5 Å². The summed E-state index contributed by atoms with van der Waals surface area (Å²) in [6, 6.07) is 5.18. The molecule has 0 aliphatic carbocycles. The molecule has 0 amide bonds. The molecule has 2 nitrogen and oxygen atoms in total. The normalized spacial score (nSPS) is 13.4. The van der Waals surface area contributed by atoms with Crippen LogP contribution in [-0.2, 0) is 6.18 Å². The van der Waals surface area contributed by atoms with Crippen LogP contribution >= 0.6 is 11.3 Å². The Labute approximate surface area is 119 Å². The minimum Gasteiger partial charge on any atom is -0.306 e. The number of thiazole rings is 1. The van der Waals surface area contributed by atoms with E-state index < -0.39 is 11.7 Å². The van der Waals surface area contributed by atoms with Gasteiger partial charge in [0, 0.05) is 11.1 Å². The van der Waals surface area contributed by atoms with Crippen LogP contribution in [0.2, 0.25) is 0 Å². The fourth-order valence-electron chi connectivity index (χ4n) is 1.99. The molecule has 20 heavy (non-hydrogen) atoms. The van der Waals surface area contributed by atoms with E-state index >= 15 is 0 Å². The van der Waals surface area contributed by atoms with Crippen molar-refractivity contribution in [2.75, 3.05) is 6.54 Å². The molecule has 2 rings (SSSR count). The zero-order chi connectivity index (χ0) is 14.8. The van der Waals surface area contributed by atoms with Crippen molar-refractivity contribution in [3.05, 3.63) is 51.5 Å². The monoisotopic (exact) mass is 300 g/mol. The van der Waals surface area contributed by atoms with Crippen LogP contribution in [0.3, 0.4) is 0 Å². The van der Waals surface area contributed by atoms with E-state index in [-0.39, 0.29) is 6.04 Å². The van der Waals surface area contributed by atoms with Crippen molar-refractivity contribution in [1.82, 2.24) is 10.3 Å². The molecule has 6 heteroatoms. The fraction of sp³-hybridized carbons (Fsp3) is 0.357. The first-order valence-electron chi connectivity index (χ1n) is 6.24. The van der Waals surface area contributed by atoms with E-state index in [9.17, 15) is 13.2 Å². The predicted molar refractivity (Wildman–Crippen MR) is 73.8 cm³/mol. The minimum absolute atomic E-state index is 0.256. The highest BCUT2D eigenvalue weighted by Crippen LogP contribution is 2.33. The Morgan fingerprint density at radius 3 is 2.65 bits per heavy atom. The highest BCUT2D eigenvalue weighted by molar-refractivity contribution is 7.11. The molecule has 0 aliphatic heterocycles. The number of halogens is 3. The van der Waals surface area contributed by atoms with Gasteiger partial charge in [0.2, 0.25) is 0 Å². The van der Waals surface area contributed by atoms with Crippen LogP contribution in [0.5, 0.6) is 0 Å². The zero-order valence-electron chi connectivity index (χ0n) is 11.2. The number of benzene rings is 1. The Bertz CT molecular complexity index is 578. The number of hydrogen-bond acceptors (Lipinski definition) is 3. The third-order valence-electron chi connectivity index (χ3n) is 2.88. The van der Waals surface area contributed by atoms with E-state index in [0.29, 0.717) is 12.1 Å². The number of alkyl halides is 3. The molecule has 0 radical (unpaired) electrons. The van der Waals surface area contributed by atoms with Gasteiger partial charge in [0.15, 0.2) is 0 Å². The fourth-order valence-corrected chi connectivity index (χ4v) is 2.88. The molecule has 0 saturated carbocycles. The third kappa shape index (κ3) is 3.37. The number of aryl methyl sites for hydroxylation is 1. The Morgan fingerprint density at radius 2 is 2.10 bits per heavy atom. The van der Waals surface area contributed by atoms with Crippen molar-refractivity contribution in [2.24, 2.45) is 0 Å². The summed E-state index contributed by atoms with van der Waals surface area (Å²) in [7, 11) is 0. The van der Waals surface area contributed by atoms with Crippen LogP contribution in [0, 0.1) is 6.92 Å². The zero-order valence-corrected chi connectivity index (χ0v) is 12.0. The van der Waals surface area contributed by atoms with E-state index in [2.05, 4.69) is 10.3 Å². The summed E-state index contributed by atoms with van der Waals surface area (Å²) >= 11 is 1.49. The summed E-state index contributed by atoms with van der Waals surface area (Å²) < 4.78 is 38.4. The Kier molecular flexibility index (Phi) is 4.45. The highest BCUT2D eigenvalue weighted by Gasteiger charge is 2.31. The van der Waals surface area contributed by atoms with Crippen LogP contribution in [0.1, 0.15) is 34.0 Å². The number of aromatic nitrogens is 1. The van der Waals surface area contributed by atoms with E-state index in [4.69, 9.17) is 0 Å². The van der Waals surface area contributed by atoms with E-state index in [1.807, 2.05) is 13.8 Å². The molecular formula is C14H15F3N2S. The Balaban J connectivity index is 2.39. The molecule has 1 aromatic heterocycles. The van der Waals surface area contributed by atoms with Gasteiger partial charge >= 0.3 is 6.18 Å². The second kappa shape index (κ2) is 5.93. The summed E-state index contributed by atoms with van der Waals surface area (Å²) in [6.45, 7) is 4.47. The van der Waals surface area contributed by atoms with E-state index in [1.54, 1.807) is 12.3 Å². The molecule has 0 bridgehead atoms. The van der Waals surface area contributed by atoms with Gasteiger partial charge in [0.1, 0.15) is 0 Å².